The van der Waals surface area contributed by atoms with Crippen LogP contribution in [0.4, 0.5) is 0 Å². The number of pyridine rings is 1. The second-order valence-electron chi connectivity index (χ2n) is 3.86. The van der Waals surface area contributed by atoms with Crippen LogP contribution in [-0.2, 0) is 0 Å². The smallest absolute Gasteiger partial charge is 0.0315 e. The van der Waals surface area contributed by atoms with E-state index in [4.69, 9.17) is 5.73 Å². The van der Waals surface area contributed by atoms with Crippen molar-refractivity contribution in [1.29, 1.82) is 0 Å². The molecule has 0 saturated heterocycles. The number of hydrogen-bond donors (Lipinski definition) is 1. The number of aromatic nitrogens is 1. The first kappa shape index (κ1) is 10.2. The average molecular weight is 178 g/mol. The van der Waals surface area contributed by atoms with Gasteiger partial charge in [-0.15, -0.1) is 0 Å². The lowest BCUT2D eigenvalue weighted by Gasteiger charge is -2.12. The van der Waals surface area contributed by atoms with Crippen molar-refractivity contribution in [3.63, 3.8) is 0 Å². The minimum atomic E-state index is 0.149. The first-order valence-electron chi connectivity index (χ1n) is 4.85. The van der Waals surface area contributed by atoms with Crippen molar-refractivity contribution in [3.8, 4) is 0 Å². The quantitative estimate of drug-likeness (QED) is 0.769. The lowest BCUT2D eigenvalue weighted by Crippen LogP contribution is -2.11. The molecule has 1 aromatic heterocycles. The van der Waals surface area contributed by atoms with Gasteiger partial charge in [-0.05, 0) is 30.4 Å². The molecule has 1 rings (SSSR count). The Morgan fingerprint density at radius 3 is 2.69 bits per heavy atom. The lowest BCUT2D eigenvalue weighted by atomic mass is 10.00. The van der Waals surface area contributed by atoms with E-state index < -0.39 is 0 Å². The molecule has 2 heteroatoms. The Bertz CT molecular complexity index is 231. The van der Waals surface area contributed by atoms with Crippen LogP contribution in [0.3, 0.4) is 0 Å². The number of nitrogens with two attached hydrogens (primary N) is 1. The van der Waals surface area contributed by atoms with Crippen molar-refractivity contribution in [2.75, 3.05) is 0 Å². The molecule has 0 radical (unpaired) electrons. The van der Waals surface area contributed by atoms with Crippen molar-refractivity contribution in [3.05, 3.63) is 30.1 Å². The molecule has 2 nitrogen and oxygen atoms in total. The van der Waals surface area contributed by atoms with Gasteiger partial charge in [-0.3, -0.25) is 4.98 Å². The number of hydrogen-bond acceptors (Lipinski definition) is 2. The predicted octanol–water partition coefficient (Wildman–Crippen LogP) is 2.52. The maximum Gasteiger partial charge on any atom is 0.0315 e. The molecule has 0 aliphatic heterocycles. The van der Waals surface area contributed by atoms with E-state index in [-0.39, 0.29) is 6.04 Å². The van der Waals surface area contributed by atoms with E-state index in [1.54, 1.807) is 6.20 Å². The zero-order valence-corrected chi connectivity index (χ0v) is 8.40. The Morgan fingerprint density at radius 2 is 2.15 bits per heavy atom. The molecule has 0 aliphatic carbocycles. The molecule has 1 heterocycles. The molecule has 13 heavy (non-hydrogen) atoms. The largest absolute Gasteiger partial charge is 0.324 e. The van der Waals surface area contributed by atoms with Gasteiger partial charge in [0, 0.05) is 18.4 Å². The van der Waals surface area contributed by atoms with Crippen molar-refractivity contribution >= 4 is 0 Å². The van der Waals surface area contributed by atoms with Gasteiger partial charge >= 0.3 is 0 Å². The van der Waals surface area contributed by atoms with Crippen LogP contribution in [0.5, 0.6) is 0 Å². The minimum absolute atomic E-state index is 0.149. The zero-order valence-electron chi connectivity index (χ0n) is 8.40. The minimum Gasteiger partial charge on any atom is -0.324 e. The first-order chi connectivity index (χ1) is 6.20. The van der Waals surface area contributed by atoms with Crippen LogP contribution in [0.15, 0.2) is 24.5 Å². The molecule has 0 aliphatic rings. The van der Waals surface area contributed by atoms with Crippen molar-refractivity contribution in [2.24, 2.45) is 11.7 Å². The predicted molar refractivity (Wildman–Crippen MR) is 55.2 cm³/mol. The van der Waals surface area contributed by atoms with E-state index >= 15 is 0 Å². The van der Waals surface area contributed by atoms with Crippen LogP contribution >= 0.6 is 0 Å². The van der Waals surface area contributed by atoms with Crippen molar-refractivity contribution in [2.45, 2.75) is 32.7 Å². The molecule has 0 unspecified atom stereocenters. The Hall–Kier alpha value is -0.890. The van der Waals surface area contributed by atoms with Gasteiger partial charge in [0.1, 0.15) is 0 Å². The van der Waals surface area contributed by atoms with Gasteiger partial charge in [0.25, 0.3) is 0 Å². The maximum atomic E-state index is 6.00. The van der Waals surface area contributed by atoms with E-state index in [0.717, 1.165) is 17.9 Å². The monoisotopic (exact) mass is 178 g/mol. The summed E-state index contributed by atoms with van der Waals surface area (Å²) in [5, 5.41) is 0. The summed E-state index contributed by atoms with van der Waals surface area (Å²) >= 11 is 0. The molecular weight excluding hydrogens is 160 g/mol. The highest BCUT2D eigenvalue weighted by molar-refractivity contribution is 5.12. The third-order valence-corrected chi connectivity index (χ3v) is 2.17. The van der Waals surface area contributed by atoms with Crippen LogP contribution < -0.4 is 5.73 Å². The summed E-state index contributed by atoms with van der Waals surface area (Å²) in [6.07, 6.45) is 5.85. The summed E-state index contributed by atoms with van der Waals surface area (Å²) in [5.74, 6) is 0.725. The fraction of sp³-hybridized carbons (Fsp3) is 0.545. The summed E-state index contributed by atoms with van der Waals surface area (Å²) in [7, 11) is 0. The normalized spacial score (nSPS) is 13.2. The average Bonchev–Trinajstić information content (AvgIpc) is 2.15. The summed E-state index contributed by atoms with van der Waals surface area (Å²) in [6.45, 7) is 4.44. The molecule has 0 bridgehead atoms. The summed E-state index contributed by atoms with van der Waals surface area (Å²) in [6, 6.07) is 4.12. The summed E-state index contributed by atoms with van der Waals surface area (Å²) in [4.78, 5) is 4.05. The fourth-order valence-corrected chi connectivity index (χ4v) is 1.27. The lowest BCUT2D eigenvalue weighted by molar-refractivity contribution is 0.506. The van der Waals surface area contributed by atoms with Gasteiger partial charge in [-0.25, -0.2) is 0 Å². The molecule has 0 amide bonds. The van der Waals surface area contributed by atoms with Gasteiger partial charge in [0.15, 0.2) is 0 Å². The highest BCUT2D eigenvalue weighted by atomic mass is 14.7. The van der Waals surface area contributed by atoms with E-state index in [1.807, 2.05) is 18.3 Å². The first-order valence-corrected chi connectivity index (χ1v) is 4.85. The van der Waals surface area contributed by atoms with E-state index in [2.05, 4.69) is 18.8 Å². The van der Waals surface area contributed by atoms with E-state index in [1.165, 1.54) is 6.42 Å². The van der Waals surface area contributed by atoms with Crippen LogP contribution in [0.2, 0.25) is 0 Å². The maximum absolute atomic E-state index is 6.00. The van der Waals surface area contributed by atoms with Crippen molar-refractivity contribution < 1.29 is 0 Å². The van der Waals surface area contributed by atoms with Crippen LogP contribution in [0.25, 0.3) is 0 Å². The second kappa shape index (κ2) is 4.97. The molecule has 0 aromatic carbocycles. The van der Waals surface area contributed by atoms with Crippen LogP contribution in [0, 0.1) is 5.92 Å². The SMILES string of the molecule is CC(C)CC[C@H](N)c1cccnc1. The van der Waals surface area contributed by atoms with Crippen LogP contribution in [-0.4, -0.2) is 4.98 Å². The second-order valence-corrected chi connectivity index (χ2v) is 3.86. The topological polar surface area (TPSA) is 38.9 Å². The molecule has 2 N–H and O–H groups in total. The molecule has 0 spiro atoms. The molecule has 1 atom stereocenters. The molecule has 0 saturated carbocycles. The zero-order chi connectivity index (χ0) is 9.68. The van der Waals surface area contributed by atoms with Gasteiger partial charge in [-0.1, -0.05) is 19.9 Å². The summed E-state index contributed by atoms with van der Waals surface area (Å²) in [5.41, 5.74) is 7.15. The molecule has 0 fully saturated rings. The van der Waals surface area contributed by atoms with E-state index in [9.17, 15) is 0 Å². The Balaban J connectivity index is 2.44. The highest BCUT2D eigenvalue weighted by Gasteiger charge is 2.06. The van der Waals surface area contributed by atoms with Gasteiger partial charge in [0.2, 0.25) is 0 Å². The molecular formula is C11H18N2. The fourth-order valence-electron chi connectivity index (χ4n) is 1.27. The number of nitrogens with zero attached hydrogens (tertiary/aromatic N) is 1. The molecule has 72 valence electrons. The van der Waals surface area contributed by atoms with Crippen molar-refractivity contribution in [1.82, 2.24) is 4.98 Å². The van der Waals surface area contributed by atoms with Gasteiger partial charge < -0.3 is 5.73 Å². The Kier molecular flexibility index (Phi) is 3.90. The van der Waals surface area contributed by atoms with Crippen LogP contribution in [0.1, 0.15) is 38.3 Å². The standard InChI is InChI=1S/C11H18N2/c1-9(2)5-6-11(12)10-4-3-7-13-8-10/h3-4,7-9,11H,5-6,12H2,1-2H3/t11-/m0/s1. The van der Waals surface area contributed by atoms with E-state index in [0.29, 0.717) is 0 Å². The Labute approximate surface area is 80.2 Å². The highest BCUT2D eigenvalue weighted by Crippen LogP contribution is 2.17. The summed E-state index contributed by atoms with van der Waals surface area (Å²) < 4.78 is 0. The molecule has 1 aromatic rings. The third kappa shape index (κ3) is 3.55. The van der Waals surface area contributed by atoms with Gasteiger partial charge in [-0.2, -0.15) is 0 Å². The number of rotatable bonds is 4. The van der Waals surface area contributed by atoms with Gasteiger partial charge in [0.05, 0.1) is 0 Å². The third-order valence-electron chi connectivity index (χ3n) is 2.17. The Morgan fingerprint density at radius 1 is 1.38 bits per heavy atom.